The van der Waals surface area contributed by atoms with E-state index in [9.17, 15) is 19.8 Å². The lowest BCUT2D eigenvalue weighted by molar-refractivity contribution is -0.176. The molecule has 2 N–H and O–H groups in total. The molecule has 1 unspecified atom stereocenters. The molecule has 3 aromatic rings. The molecule has 1 heterocycles. The van der Waals surface area contributed by atoms with Gasteiger partial charge in [0.2, 0.25) is 0 Å². The summed E-state index contributed by atoms with van der Waals surface area (Å²) in [6.45, 7) is 12.4. The predicted octanol–water partition coefficient (Wildman–Crippen LogP) is 10.6. The third-order valence-corrected chi connectivity index (χ3v) is 19.0. The fourth-order valence-corrected chi connectivity index (χ4v) is 15.5. The summed E-state index contributed by atoms with van der Waals surface area (Å²) in [4.78, 5) is 33.3. The van der Waals surface area contributed by atoms with Crippen LogP contribution in [0, 0.1) is 63.6 Å². The minimum absolute atomic E-state index is 0.0209. The molecule has 0 radical (unpaired) electrons. The number of amides is 1. The first kappa shape index (κ1) is 37.0. The molecule has 12 rings (SSSR count). The van der Waals surface area contributed by atoms with Crippen molar-refractivity contribution in [2.24, 2.45) is 56.7 Å². The summed E-state index contributed by atoms with van der Waals surface area (Å²) in [6.07, 6.45) is 15.2. The van der Waals surface area contributed by atoms with E-state index in [4.69, 9.17) is 4.74 Å². The Morgan fingerprint density at radius 1 is 0.875 bits per heavy atom. The number of aryl methyl sites for hydroxylation is 1. The maximum atomic E-state index is 14.9. The number of rotatable bonds is 7. The number of ketones is 1. The Labute approximate surface area is 336 Å². The number of thiophene rings is 1. The van der Waals surface area contributed by atoms with Crippen LogP contribution in [0.25, 0.3) is 10.8 Å². The minimum Gasteiger partial charge on any atom is -0.410 e. The SMILES string of the molecule is Cc1ccc(C(=O)C2=C[C@@]34C=C[C@@]25[C@@H]2CC[C@@](O)(CN(C[C@@H]6CC[C@H]7C[C@@H]6C7(C)C)C(=O)Oc6ccc7ccccc7c6)[C@@]2(C)CC[C@@H]5[C@@]3(C)CCC(O)C4)s1. The third kappa shape index (κ3) is 4.98. The van der Waals surface area contributed by atoms with Gasteiger partial charge in [-0.05, 0) is 147 Å². The average Bonchev–Trinajstić information content (AvgIpc) is 3.73. The monoisotopic (exact) mass is 773 g/mol. The van der Waals surface area contributed by atoms with Gasteiger partial charge >= 0.3 is 6.09 Å². The minimum atomic E-state index is -1.16. The van der Waals surface area contributed by atoms with E-state index in [1.54, 1.807) is 11.3 Å². The van der Waals surface area contributed by atoms with Crippen LogP contribution in [0.15, 0.2) is 78.4 Å². The zero-order valence-corrected chi connectivity index (χ0v) is 34.7. The van der Waals surface area contributed by atoms with Crippen LogP contribution in [-0.4, -0.2) is 51.8 Å². The van der Waals surface area contributed by atoms with Gasteiger partial charge in [-0.3, -0.25) is 4.79 Å². The molecule has 9 aliphatic rings. The molecule has 6 nitrogen and oxygen atoms in total. The second-order valence-corrected chi connectivity index (χ2v) is 21.8. The van der Waals surface area contributed by atoms with Gasteiger partial charge in [0, 0.05) is 33.2 Å². The van der Waals surface area contributed by atoms with Gasteiger partial charge in [-0.25, -0.2) is 4.79 Å². The molecule has 7 heteroatoms. The summed E-state index contributed by atoms with van der Waals surface area (Å²) < 4.78 is 6.26. The van der Waals surface area contributed by atoms with E-state index in [2.05, 4.69) is 58.9 Å². The van der Waals surface area contributed by atoms with E-state index in [0.29, 0.717) is 37.0 Å². The van der Waals surface area contributed by atoms with Crippen LogP contribution in [0.3, 0.4) is 0 Å². The van der Waals surface area contributed by atoms with E-state index in [1.807, 2.05) is 53.4 Å². The molecule has 11 atom stereocenters. The number of benzene rings is 2. The third-order valence-electron chi connectivity index (χ3n) is 18.0. The Morgan fingerprint density at radius 3 is 2.38 bits per heavy atom. The summed E-state index contributed by atoms with van der Waals surface area (Å²) in [7, 11) is 0. The molecular weight excluding hydrogens is 715 g/mol. The number of fused-ring (bicyclic) bond motifs is 4. The molecule has 296 valence electrons. The zero-order chi connectivity index (χ0) is 39.0. The quantitative estimate of drug-likeness (QED) is 0.184. The Morgan fingerprint density at radius 2 is 1.62 bits per heavy atom. The van der Waals surface area contributed by atoms with Crippen LogP contribution in [0.5, 0.6) is 5.75 Å². The largest absolute Gasteiger partial charge is 0.415 e. The number of aliphatic hydroxyl groups excluding tert-OH is 1. The molecular formula is C49H59NO5S. The van der Waals surface area contributed by atoms with Crippen molar-refractivity contribution in [2.75, 3.05) is 13.1 Å². The van der Waals surface area contributed by atoms with Crippen molar-refractivity contribution >= 4 is 34.0 Å². The van der Waals surface area contributed by atoms with Crippen LogP contribution in [0.4, 0.5) is 4.79 Å². The van der Waals surface area contributed by atoms with Gasteiger partial charge in [0.15, 0.2) is 5.78 Å². The number of Topliss-reactive ketones (excluding diaryl/α,β-unsaturated/α-hetero) is 1. The first-order valence-electron chi connectivity index (χ1n) is 21.5. The van der Waals surface area contributed by atoms with Gasteiger partial charge in [-0.1, -0.05) is 76.3 Å². The molecule has 56 heavy (non-hydrogen) atoms. The van der Waals surface area contributed by atoms with E-state index >= 15 is 0 Å². The summed E-state index contributed by atoms with van der Waals surface area (Å²) >= 11 is 1.56. The smallest absolute Gasteiger partial charge is 0.410 e. The van der Waals surface area contributed by atoms with E-state index in [-0.39, 0.29) is 52.6 Å². The first-order chi connectivity index (χ1) is 26.6. The van der Waals surface area contributed by atoms with Crippen molar-refractivity contribution in [3.8, 4) is 5.75 Å². The van der Waals surface area contributed by atoms with Crippen molar-refractivity contribution < 1.29 is 24.5 Å². The lowest BCUT2D eigenvalue weighted by Crippen LogP contribution is -2.67. The maximum Gasteiger partial charge on any atom is 0.415 e. The van der Waals surface area contributed by atoms with Crippen LogP contribution < -0.4 is 4.74 Å². The number of hydrogen-bond donors (Lipinski definition) is 2. The van der Waals surface area contributed by atoms with Gasteiger partial charge < -0.3 is 19.8 Å². The molecule has 6 fully saturated rings. The van der Waals surface area contributed by atoms with Crippen LogP contribution in [-0.2, 0) is 0 Å². The van der Waals surface area contributed by atoms with Gasteiger partial charge in [0.1, 0.15) is 5.75 Å². The number of nitrogens with zero attached hydrogens (tertiary/aromatic N) is 1. The molecule has 1 amide bonds. The lowest BCUT2D eigenvalue weighted by Gasteiger charge is -2.71. The molecule has 1 aromatic heterocycles. The van der Waals surface area contributed by atoms with Gasteiger partial charge in [-0.15, -0.1) is 11.3 Å². The number of carbonyl (C=O) groups excluding carboxylic acids is 2. The summed E-state index contributed by atoms with van der Waals surface area (Å²) in [5, 5.41) is 26.6. The Balaban J connectivity index is 1.02. The molecule has 0 saturated heterocycles. The molecule has 4 bridgehead atoms. The van der Waals surface area contributed by atoms with Gasteiger partial charge in [-0.2, -0.15) is 0 Å². The van der Waals surface area contributed by atoms with Crippen molar-refractivity contribution in [3.05, 3.63) is 88.2 Å². The Bertz CT molecular complexity index is 2180. The second-order valence-electron chi connectivity index (χ2n) is 20.5. The molecule has 6 saturated carbocycles. The number of allylic oxidation sites excluding steroid dienone is 4. The lowest BCUT2D eigenvalue weighted by atomic mass is 9.32. The summed E-state index contributed by atoms with van der Waals surface area (Å²) in [5.41, 5.74) is -1.55. The predicted molar refractivity (Wildman–Crippen MR) is 222 cm³/mol. The zero-order valence-electron chi connectivity index (χ0n) is 33.9. The summed E-state index contributed by atoms with van der Waals surface area (Å²) in [5.74, 6) is 2.54. The van der Waals surface area contributed by atoms with Crippen LogP contribution >= 0.6 is 11.3 Å². The maximum absolute atomic E-state index is 14.9. The number of carbonyl (C=O) groups is 2. The Hall–Kier alpha value is -3.26. The average molecular weight is 774 g/mol. The number of ether oxygens (including phenoxy) is 1. The highest BCUT2D eigenvalue weighted by Gasteiger charge is 2.74. The van der Waals surface area contributed by atoms with Crippen LogP contribution in [0.2, 0.25) is 0 Å². The highest BCUT2D eigenvalue weighted by Crippen LogP contribution is 2.78. The fraction of sp³-hybridized carbons (Fsp3) is 0.592. The normalized spacial score (nSPS) is 41.2. The summed E-state index contributed by atoms with van der Waals surface area (Å²) in [6, 6.07) is 18.0. The van der Waals surface area contributed by atoms with Crippen molar-refractivity contribution in [2.45, 2.75) is 111 Å². The highest BCUT2D eigenvalue weighted by atomic mass is 32.1. The fourth-order valence-electron chi connectivity index (χ4n) is 14.7. The van der Waals surface area contributed by atoms with Crippen molar-refractivity contribution in [1.82, 2.24) is 4.90 Å². The van der Waals surface area contributed by atoms with Gasteiger partial charge in [0.05, 0.1) is 23.1 Å². The van der Waals surface area contributed by atoms with Crippen LogP contribution in [0.1, 0.15) is 106 Å². The topological polar surface area (TPSA) is 87.1 Å². The molecule has 2 spiro atoms. The standard InChI is InChI=1S/C49H59NO5S/c1-30-10-15-39(56-30)42(52)38-27-47-22-23-49(38)40(45(47,4)19-16-35(51)26-47)17-20-46(5)41(49)18-21-48(46,54)29-50(28-33-11-13-34-25-37(33)44(34,2)3)43(53)55-36-14-12-31-8-6-7-9-32(31)24-36/h6-10,12,14-15,22-24,27,33-35,37,40-41,51,54H,11,13,16-21,25-26,28-29H2,1-5H3/t33-,34-,35?,37-,40+,41+,45+,46-,47-,48+,49+/m0/s1. The number of aliphatic hydroxyl groups is 2. The van der Waals surface area contributed by atoms with E-state index < -0.39 is 16.4 Å². The second kappa shape index (κ2) is 12.4. The first-order valence-corrected chi connectivity index (χ1v) is 22.4. The Kier molecular flexibility index (Phi) is 8.19. The van der Waals surface area contributed by atoms with Crippen molar-refractivity contribution in [1.29, 1.82) is 0 Å². The molecule has 2 aromatic carbocycles. The van der Waals surface area contributed by atoms with E-state index in [0.717, 1.165) is 70.5 Å². The van der Waals surface area contributed by atoms with E-state index in [1.165, 1.54) is 12.8 Å². The number of hydrogen-bond acceptors (Lipinski definition) is 6. The van der Waals surface area contributed by atoms with Crippen molar-refractivity contribution in [3.63, 3.8) is 0 Å². The van der Waals surface area contributed by atoms with Gasteiger partial charge in [0.25, 0.3) is 0 Å². The molecule has 9 aliphatic carbocycles. The molecule has 0 aliphatic heterocycles. The highest BCUT2D eigenvalue weighted by molar-refractivity contribution is 7.14.